The van der Waals surface area contributed by atoms with Crippen LogP contribution in [-0.2, 0) is 4.79 Å². The van der Waals surface area contributed by atoms with E-state index in [1.54, 1.807) is 0 Å². The number of aliphatic hydroxyl groups excluding tert-OH is 1. The van der Waals surface area contributed by atoms with Crippen molar-refractivity contribution in [1.82, 2.24) is 0 Å². The first-order valence-corrected chi connectivity index (χ1v) is 4.09. The van der Waals surface area contributed by atoms with Crippen LogP contribution >= 0.6 is 0 Å². The molecule has 1 N–H and O–H groups in total. The van der Waals surface area contributed by atoms with E-state index in [2.05, 4.69) is 12.2 Å². The normalized spacial score (nSPS) is 26.5. The van der Waals surface area contributed by atoms with Gasteiger partial charge in [0, 0.05) is 5.92 Å². The Morgan fingerprint density at radius 1 is 1.64 bits per heavy atom. The van der Waals surface area contributed by atoms with E-state index in [1.165, 1.54) is 0 Å². The standard InChI is InChI=1S/C9H14O2/c10-6-9(7-11)8-4-2-1-3-5-8/h1-2,6,8-9,11H,3-5,7H2. The first-order chi connectivity index (χ1) is 5.38. The van der Waals surface area contributed by atoms with Gasteiger partial charge in [0.1, 0.15) is 6.29 Å². The molecule has 0 spiro atoms. The van der Waals surface area contributed by atoms with Gasteiger partial charge in [0.25, 0.3) is 0 Å². The Labute approximate surface area is 66.9 Å². The molecule has 0 fully saturated rings. The van der Waals surface area contributed by atoms with Crippen LogP contribution in [0.25, 0.3) is 0 Å². The molecule has 0 heterocycles. The SMILES string of the molecule is O=CC(CO)C1CC=CCC1. The zero-order valence-corrected chi connectivity index (χ0v) is 6.57. The highest BCUT2D eigenvalue weighted by molar-refractivity contribution is 5.54. The second kappa shape index (κ2) is 4.29. The number of rotatable bonds is 3. The average Bonchev–Trinajstić information content (AvgIpc) is 2.09. The minimum Gasteiger partial charge on any atom is -0.396 e. The molecule has 2 unspecified atom stereocenters. The fourth-order valence-corrected chi connectivity index (χ4v) is 1.51. The summed E-state index contributed by atoms with van der Waals surface area (Å²) in [5, 5.41) is 8.82. The van der Waals surface area contributed by atoms with E-state index in [0.29, 0.717) is 5.92 Å². The van der Waals surface area contributed by atoms with Crippen molar-refractivity contribution in [3.63, 3.8) is 0 Å². The molecule has 1 rings (SSSR count). The van der Waals surface area contributed by atoms with Crippen molar-refractivity contribution in [2.75, 3.05) is 6.61 Å². The van der Waals surface area contributed by atoms with Gasteiger partial charge in [0.15, 0.2) is 0 Å². The van der Waals surface area contributed by atoms with Gasteiger partial charge in [0.2, 0.25) is 0 Å². The van der Waals surface area contributed by atoms with Gasteiger partial charge >= 0.3 is 0 Å². The van der Waals surface area contributed by atoms with E-state index in [-0.39, 0.29) is 12.5 Å². The molecule has 0 saturated heterocycles. The van der Waals surface area contributed by atoms with Crippen LogP contribution in [0.15, 0.2) is 12.2 Å². The summed E-state index contributed by atoms with van der Waals surface area (Å²) < 4.78 is 0. The Bertz CT molecular complexity index is 152. The van der Waals surface area contributed by atoms with Crippen molar-refractivity contribution >= 4 is 6.29 Å². The quantitative estimate of drug-likeness (QED) is 0.489. The van der Waals surface area contributed by atoms with Crippen molar-refractivity contribution in [1.29, 1.82) is 0 Å². The molecule has 0 amide bonds. The zero-order valence-electron chi connectivity index (χ0n) is 6.57. The van der Waals surface area contributed by atoms with E-state index in [9.17, 15) is 4.79 Å². The second-order valence-corrected chi connectivity index (χ2v) is 3.03. The third-order valence-corrected chi connectivity index (χ3v) is 2.30. The summed E-state index contributed by atoms with van der Waals surface area (Å²) >= 11 is 0. The summed E-state index contributed by atoms with van der Waals surface area (Å²) in [5.41, 5.74) is 0. The fraction of sp³-hybridized carbons (Fsp3) is 0.667. The summed E-state index contributed by atoms with van der Waals surface area (Å²) in [5.74, 6) is 0.238. The highest BCUT2D eigenvalue weighted by Crippen LogP contribution is 2.24. The van der Waals surface area contributed by atoms with Crippen LogP contribution in [0.4, 0.5) is 0 Å². The van der Waals surface area contributed by atoms with Crippen molar-refractivity contribution < 1.29 is 9.90 Å². The number of carbonyl (C=O) groups excluding carboxylic acids is 1. The smallest absolute Gasteiger partial charge is 0.125 e. The van der Waals surface area contributed by atoms with Crippen molar-refractivity contribution in [2.45, 2.75) is 19.3 Å². The second-order valence-electron chi connectivity index (χ2n) is 3.03. The molecule has 0 aromatic carbocycles. The molecule has 1 aliphatic carbocycles. The molecule has 0 aromatic heterocycles. The van der Waals surface area contributed by atoms with Crippen LogP contribution in [0, 0.1) is 11.8 Å². The Hall–Kier alpha value is -0.630. The number of aldehydes is 1. The lowest BCUT2D eigenvalue weighted by molar-refractivity contribution is -0.113. The average molecular weight is 154 g/mol. The van der Waals surface area contributed by atoms with Gasteiger partial charge in [-0.25, -0.2) is 0 Å². The van der Waals surface area contributed by atoms with Gasteiger partial charge in [0.05, 0.1) is 6.61 Å². The maximum Gasteiger partial charge on any atom is 0.125 e. The Morgan fingerprint density at radius 2 is 2.45 bits per heavy atom. The van der Waals surface area contributed by atoms with E-state index in [1.807, 2.05) is 0 Å². The summed E-state index contributed by atoms with van der Waals surface area (Å²) in [4.78, 5) is 10.5. The minimum absolute atomic E-state index is 0.00199. The van der Waals surface area contributed by atoms with Crippen molar-refractivity contribution in [2.24, 2.45) is 11.8 Å². The van der Waals surface area contributed by atoms with Crippen molar-refractivity contribution in [3.05, 3.63) is 12.2 Å². The van der Waals surface area contributed by atoms with Crippen LogP contribution in [-0.4, -0.2) is 18.0 Å². The molecule has 0 bridgehead atoms. The zero-order chi connectivity index (χ0) is 8.10. The maximum atomic E-state index is 10.5. The predicted molar refractivity (Wildman–Crippen MR) is 43.1 cm³/mol. The Morgan fingerprint density at radius 3 is 2.91 bits per heavy atom. The third-order valence-electron chi connectivity index (χ3n) is 2.30. The lowest BCUT2D eigenvalue weighted by atomic mass is 9.84. The lowest BCUT2D eigenvalue weighted by Crippen LogP contribution is -2.20. The number of hydrogen-bond donors (Lipinski definition) is 1. The number of allylic oxidation sites excluding steroid dienone is 2. The highest BCUT2D eigenvalue weighted by atomic mass is 16.3. The largest absolute Gasteiger partial charge is 0.396 e. The molecule has 2 nitrogen and oxygen atoms in total. The predicted octanol–water partition coefficient (Wildman–Crippen LogP) is 1.15. The van der Waals surface area contributed by atoms with E-state index >= 15 is 0 Å². The number of aliphatic hydroxyl groups is 1. The van der Waals surface area contributed by atoms with Gasteiger partial charge in [-0.15, -0.1) is 0 Å². The molecular weight excluding hydrogens is 140 g/mol. The molecule has 11 heavy (non-hydrogen) atoms. The van der Waals surface area contributed by atoms with Crippen LogP contribution in [0.2, 0.25) is 0 Å². The van der Waals surface area contributed by atoms with Gasteiger partial charge in [-0.2, -0.15) is 0 Å². The van der Waals surface area contributed by atoms with Crippen LogP contribution in [0.1, 0.15) is 19.3 Å². The summed E-state index contributed by atoms with van der Waals surface area (Å²) in [6, 6.07) is 0. The van der Waals surface area contributed by atoms with Gasteiger partial charge in [-0.3, -0.25) is 0 Å². The first-order valence-electron chi connectivity index (χ1n) is 4.09. The van der Waals surface area contributed by atoms with Crippen LogP contribution in [0.5, 0.6) is 0 Å². The molecule has 0 saturated carbocycles. The monoisotopic (exact) mass is 154 g/mol. The van der Waals surface area contributed by atoms with E-state index in [4.69, 9.17) is 5.11 Å². The Kier molecular flexibility index (Phi) is 3.30. The number of carbonyl (C=O) groups is 1. The highest BCUT2D eigenvalue weighted by Gasteiger charge is 2.19. The minimum atomic E-state index is -0.139. The van der Waals surface area contributed by atoms with E-state index < -0.39 is 0 Å². The molecule has 2 heteroatoms. The van der Waals surface area contributed by atoms with E-state index in [0.717, 1.165) is 25.5 Å². The molecule has 0 aliphatic heterocycles. The summed E-state index contributed by atoms with van der Waals surface area (Å²) in [6.45, 7) is 0.00199. The Balaban J connectivity index is 2.44. The first kappa shape index (κ1) is 8.47. The van der Waals surface area contributed by atoms with Gasteiger partial charge < -0.3 is 9.90 Å². The summed E-state index contributed by atoms with van der Waals surface area (Å²) in [7, 11) is 0. The molecule has 0 aromatic rings. The van der Waals surface area contributed by atoms with Crippen molar-refractivity contribution in [3.8, 4) is 0 Å². The topological polar surface area (TPSA) is 37.3 Å². The van der Waals surface area contributed by atoms with Gasteiger partial charge in [-0.1, -0.05) is 12.2 Å². The molecular formula is C9H14O2. The molecule has 62 valence electrons. The van der Waals surface area contributed by atoms with Gasteiger partial charge in [-0.05, 0) is 25.2 Å². The fourth-order valence-electron chi connectivity index (χ4n) is 1.51. The maximum absolute atomic E-state index is 10.5. The molecule has 1 aliphatic rings. The van der Waals surface area contributed by atoms with Crippen LogP contribution < -0.4 is 0 Å². The molecule has 0 radical (unpaired) electrons. The lowest BCUT2D eigenvalue weighted by Gasteiger charge is -2.21. The summed E-state index contributed by atoms with van der Waals surface area (Å²) in [6.07, 6.45) is 8.15. The number of hydrogen-bond acceptors (Lipinski definition) is 2. The molecule has 2 atom stereocenters. The third kappa shape index (κ3) is 2.15. The van der Waals surface area contributed by atoms with Crippen LogP contribution in [0.3, 0.4) is 0 Å².